The van der Waals surface area contributed by atoms with Crippen molar-refractivity contribution >= 4 is 22.6 Å². The summed E-state index contributed by atoms with van der Waals surface area (Å²) in [5.41, 5.74) is 2.72. The molecule has 0 bridgehead atoms. The number of carbonyl (C=O) groups excluding carboxylic acids is 1. The highest BCUT2D eigenvalue weighted by molar-refractivity contribution is 5.80. The quantitative estimate of drug-likeness (QED) is 0.767. The molecule has 1 fully saturated rings. The summed E-state index contributed by atoms with van der Waals surface area (Å²) in [6.45, 7) is 4.51. The molecule has 1 amide bonds. The molecule has 26 heavy (non-hydrogen) atoms. The highest BCUT2D eigenvalue weighted by atomic mass is 19.2. The van der Waals surface area contributed by atoms with Gasteiger partial charge in [0, 0.05) is 56.5 Å². The summed E-state index contributed by atoms with van der Waals surface area (Å²) >= 11 is 0. The molecule has 2 heterocycles. The van der Waals surface area contributed by atoms with E-state index in [9.17, 15) is 13.6 Å². The number of halogens is 2. The minimum atomic E-state index is -0.910. The molecule has 1 saturated heterocycles. The Morgan fingerprint density at radius 3 is 2.54 bits per heavy atom. The van der Waals surface area contributed by atoms with Gasteiger partial charge in [-0.2, -0.15) is 0 Å². The van der Waals surface area contributed by atoms with E-state index in [0.29, 0.717) is 29.9 Å². The summed E-state index contributed by atoms with van der Waals surface area (Å²) < 4.78 is 26.8. The van der Waals surface area contributed by atoms with Crippen molar-refractivity contribution in [3.8, 4) is 11.4 Å². The molecule has 0 radical (unpaired) electrons. The molecular formula is C19H18F2N4O. The minimum Gasteiger partial charge on any atom is -0.368 e. The lowest BCUT2D eigenvalue weighted by molar-refractivity contribution is -0.129. The van der Waals surface area contributed by atoms with Crippen LogP contribution in [-0.4, -0.2) is 47.0 Å². The van der Waals surface area contributed by atoms with Crippen LogP contribution in [0.25, 0.3) is 22.4 Å². The van der Waals surface area contributed by atoms with E-state index in [1.807, 2.05) is 29.2 Å². The molecule has 2 aromatic carbocycles. The predicted octanol–water partition coefficient (Wildman–Crippen LogP) is 3.18. The maximum Gasteiger partial charge on any atom is 0.219 e. The van der Waals surface area contributed by atoms with Crippen LogP contribution in [0.3, 0.4) is 0 Å². The number of nitrogens with one attached hydrogen (secondary N) is 1. The third-order valence-electron chi connectivity index (χ3n) is 4.73. The molecule has 1 N–H and O–H groups in total. The topological polar surface area (TPSA) is 52.2 Å². The van der Waals surface area contributed by atoms with Gasteiger partial charge in [-0.15, -0.1) is 0 Å². The predicted molar refractivity (Wildman–Crippen MR) is 95.9 cm³/mol. The van der Waals surface area contributed by atoms with E-state index in [0.717, 1.165) is 36.5 Å². The summed E-state index contributed by atoms with van der Waals surface area (Å²) in [5.74, 6) is -1.15. The van der Waals surface area contributed by atoms with Crippen molar-refractivity contribution in [1.29, 1.82) is 0 Å². The molecule has 0 atom stereocenters. The molecule has 0 saturated carbocycles. The van der Waals surface area contributed by atoms with Crippen molar-refractivity contribution in [2.75, 3.05) is 31.1 Å². The lowest BCUT2D eigenvalue weighted by atomic mass is 10.1. The molecule has 1 aliphatic heterocycles. The SMILES string of the molecule is CC(=O)N1CCN(c2cccc(-c3nc4cc(F)c(F)cc4[nH]3)c2)CC1. The van der Waals surface area contributed by atoms with E-state index in [-0.39, 0.29) is 5.91 Å². The van der Waals surface area contributed by atoms with Crippen molar-refractivity contribution in [3.63, 3.8) is 0 Å². The van der Waals surface area contributed by atoms with Gasteiger partial charge in [0.25, 0.3) is 0 Å². The van der Waals surface area contributed by atoms with Crippen LogP contribution < -0.4 is 4.90 Å². The van der Waals surface area contributed by atoms with E-state index in [1.165, 1.54) is 0 Å². The lowest BCUT2D eigenvalue weighted by Crippen LogP contribution is -2.48. The van der Waals surface area contributed by atoms with Crippen LogP contribution in [0.1, 0.15) is 6.92 Å². The first kappa shape index (κ1) is 16.5. The number of fused-ring (bicyclic) bond motifs is 1. The number of anilines is 1. The summed E-state index contributed by atoms with van der Waals surface area (Å²) in [7, 11) is 0. The smallest absolute Gasteiger partial charge is 0.219 e. The minimum absolute atomic E-state index is 0.0974. The highest BCUT2D eigenvalue weighted by Crippen LogP contribution is 2.26. The Bertz CT molecular complexity index is 938. The average Bonchev–Trinajstić information content (AvgIpc) is 3.05. The molecule has 134 valence electrons. The Balaban J connectivity index is 1.61. The summed E-state index contributed by atoms with van der Waals surface area (Å²) in [5, 5.41) is 0. The molecule has 4 rings (SSSR count). The monoisotopic (exact) mass is 356 g/mol. The van der Waals surface area contributed by atoms with E-state index in [4.69, 9.17) is 0 Å². The average molecular weight is 356 g/mol. The number of nitrogens with zero attached hydrogens (tertiary/aromatic N) is 3. The van der Waals surface area contributed by atoms with Gasteiger partial charge in [0.05, 0.1) is 11.0 Å². The van der Waals surface area contributed by atoms with Crippen molar-refractivity contribution in [2.45, 2.75) is 6.92 Å². The highest BCUT2D eigenvalue weighted by Gasteiger charge is 2.19. The fourth-order valence-electron chi connectivity index (χ4n) is 3.27. The third kappa shape index (κ3) is 3.00. The zero-order chi connectivity index (χ0) is 18.3. The molecule has 0 aliphatic carbocycles. The number of H-pyrrole nitrogens is 1. The van der Waals surface area contributed by atoms with Crippen molar-refractivity contribution in [3.05, 3.63) is 48.0 Å². The standard InChI is InChI=1S/C19H18F2N4O/c1-12(26)24-5-7-25(8-6-24)14-4-2-3-13(9-14)19-22-17-10-15(20)16(21)11-18(17)23-19/h2-4,9-11H,5-8H2,1H3,(H,22,23). The van der Waals surface area contributed by atoms with Crippen LogP contribution in [0.4, 0.5) is 14.5 Å². The normalized spacial score (nSPS) is 14.9. The van der Waals surface area contributed by atoms with Crippen molar-refractivity contribution in [1.82, 2.24) is 14.9 Å². The maximum absolute atomic E-state index is 13.4. The van der Waals surface area contributed by atoms with Crippen LogP contribution in [0.15, 0.2) is 36.4 Å². The third-order valence-corrected chi connectivity index (χ3v) is 4.73. The van der Waals surface area contributed by atoms with Gasteiger partial charge in [-0.1, -0.05) is 12.1 Å². The molecular weight excluding hydrogens is 338 g/mol. The van der Waals surface area contributed by atoms with Gasteiger partial charge in [0.15, 0.2) is 11.6 Å². The first-order valence-corrected chi connectivity index (χ1v) is 8.47. The molecule has 7 heteroatoms. The molecule has 1 aliphatic rings. The zero-order valence-electron chi connectivity index (χ0n) is 14.3. The first-order valence-electron chi connectivity index (χ1n) is 8.47. The second-order valence-electron chi connectivity index (χ2n) is 6.41. The van der Waals surface area contributed by atoms with Gasteiger partial charge < -0.3 is 14.8 Å². The van der Waals surface area contributed by atoms with Gasteiger partial charge >= 0.3 is 0 Å². The fourth-order valence-corrected chi connectivity index (χ4v) is 3.27. The lowest BCUT2D eigenvalue weighted by Gasteiger charge is -2.35. The molecule has 1 aromatic heterocycles. The number of hydrogen-bond donors (Lipinski definition) is 1. The summed E-state index contributed by atoms with van der Waals surface area (Å²) in [6.07, 6.45) is 0. The van der Waals surface area contributed by atoms with Crippen LogP contribution in [0.5, 0.6) is 0 Å². The second kappa shape index (κ2) is 6.40. The number of benzene rings is 2. The van der Waals surface area contributed by atoms with Crippen LogP contribution in [0, 0.1) is 11.6 Å². The largest absolute Gasteiger partial charge is 0.368 e. The number of rotatable bonds is 2. The number of piperazine rings is 1. The Kier molecular flexibility index (Phi) is 4.06. The molecule has 0 spiro atoms. The number of aromatic amines is 1. The van der Waals surface area contributed by atoms with E-state index >= 15 is 0 Å². The van der Waals surface area contributed by atoms with Gasteiger partial charge in [0.1, 0.15) is 5.82 Å². The molecule has 5 nitrogen and oxygen atoms in total. The van der Waals surface area contributed by atoms with Crippen molar-refractivity contribution in [2.24, 2.45) is 0 Å². The number of imidazole rings is 1. The zero-order valence-corrected chi connectivity index (χ0v) is 14.3. The Morgan fingerprint density at radius 1 is 1.08 bits per heavy atom. The maximum atomic E-state index is 13.4. The molecule has 3 aromatic rings. The Labute approximate surface area is 149 Å². The number of aromatic nitrogens is 2. The molecule has 0 unspecified atom stereocenters. The first-order chi connectivity index (χ1) is 12.5. The number of amides is 1. The number of hydrogen-bond acceptors (Lipinski definition) is 3. The summed E-state index contributed by atoms with van der Waals surface area (Å²) in [4.78, 5) is 22.9. The van der Waals surface area contributed by atoms with Crippen LogP contribution >= 0.6 is 0 Å². The van der Waals surface area contributed by atoms with E-state index in [2.05, 4.69) is 14.9 Å². The number of carbonyl (C=O) groups is 1. The fraction of sp³-hybridized carbons (Fsp3) is 0.263. The Hall–Kier alpha value is -2.96. The van der Waals surface area contributed by atoms with E-state index in [1.54, 1.807) is 6.92 Å². The van der Waals surface area contributed by atoms with Crippen LogP contribution in [-0.2, 0) is 4.79 Å². The second-order valence-corrected chi connectivity index (χ2v) is 6.41. The van der Waals surface area contributed by atoms with Crippen molar-refractivity contribution < 1.29 is 13.6 Å². The Morgan fingerprint density at radius 2 is 1.81 bits per heavy atom. The van der Waals surface area contributed by atoms with Gasteiger partial charge in [-0.3, -0.25) is 4.79 Å². The van der Waals surface area contributed by atoms with Gasteiger partial charge in [-0.25, -0.2) is 13.8 Å². The van der Waals surface area contributed by atoms with Gasteiger partial charge in [0.2, 0.25) is 5.91 Å². The summed E-state index contributed by atoms with van der Waals surface area (Å²) in [6, 6.07) is 10.0. The van der Waals surface area contributed by atoms with E-state index < -0.39 is 11.6 Å². The van der Waals surface area contributed by atoms with Crippen LogP contribution in [0.2, 0.25) is 0 Å². The van der Waals surface area contributed by atoms with Gasteiger partial charge in [-0.05, 0) is 12.1 Å².